The number of halogens is 3. The van der Waals surface area contributed by atoms with Crippen molar-refractivity contribution in [2.45, 2.75) is 26.1 Å². The van der Waals surface area contributed by atoms with E-state index in [-0.39, 0.29) is 5.75 Å². The molecule has 0 fully saturated rings. The van der Waals surface area contributed by atoms with E-state index < -0.39 is 23.8 Å². The largest absolute Gasteiger partial charge is 0.475 e. The summed E-state index contributed by atoms with van der Waals surface area (Å²) in [5, 5.41) is 0. The number of rotatable bonds is 3. The van der Waals surface area contributed by atoms with E-state index in [9.17, 15) is 18.0 Å². The van der Waals surface area contributed by atoms with E-state index in [0.29, 0.717) is 17.1 Å². The van der Waals surface area contributed by atoms with Crippen LogP contribution in [0.1, 0.15) is 16.7 Å². The Kier molecular flexibility index (Phi) is 4.87. The highest BCUT2D eigenvalue weighted by atomic mass is 19.4. The number of carbonyl (C=O) groups is 1. The van der Waals surface area contributed by atoms with Crippen molar-refractivity contribution in [1.29, 1.82) is 0 Å². The number of esters is 1. The molecule has 0 bridgehead atoms. The zero-order chi connectivity index (χ0) is 19.8. The van der Waals surface area contributed by atoms with Crippen molar-refractivity contribution in [3.63, 3.8) is 0 Å². The Morgan fingerprint density at radius 2 is 1.85 bits per heavy atom. The second kappa shape index (κ2) is 6.98. The van der Waals surface area contributed by atoms with Crippen LogP contribution >= 0.6 is 0 Å². The summed E-state index contributed by atoms with van der Waals surface area (Å²) in [6.45, 7) is 3.78. The summed E-state index contributed by atoms with van der Waals surface area (Å²) < 4.78 is 55.3. The van der Waals surface area contributed by atoms with E-state index in [4.69, 9.17) is 9.47 Å². The first-order valence-electron chi connectivity index (χ1n) is 8.11. The Hall–Kier alpha value is -2.96. The average Bonchev–Trinajstić information content (AvgIpc) is 2.62. The minimum Gasteiger partial charge on any atom is -0.475 e. The first kappa shape index (κ1) is 18.8. The SMILES string of the molecule is COC(=O)C1=Cc2ccc(Oc3cc(C)ccc3C)cc2OC1C(F)(F)F. The van der Waals surface area contributed by atoms with Gasteiger partial charge in [-0.15, -0.1) is 0 Å². The standard InChI is InChI=1S/C20H17F3O4/c1-11-4-5-12(2)16(8-11)26-14-7-6-13-9-15(19(24)25-3)18(20(21,22)23)27-17(13)10-14/h4-10,18H,1-3H3. The predicted molar refractivity (Wildman–Crippen MR) is 92.9 cm³/mol. The summed E-state index contributed by atoms with van der Waals surface area (Å²) in [7, 11) is 1.02. The predicted octanol–water partition coefficient (Wildman–Crippen LogP) is 4.98. The summed E-state index contributed by atoms with van der Waals surface area (Å²) in [6, 6.07) is 10.2. The fourth-order valence-corrected chi connectivity index (χ4v) is 2.70. The monoisotopic (exact) mass is 378 g/mol. The van der Waals surface area contributed by atoms with E-state index >= 15 is 0 Å². The Morgan fingerprint density at radius 3 is 2.52 bits per heavy atom. The van der Waals surface area contributed by atoms with Gasteiger partial charge in [-0.05, 0) is 49.2 Å². The van der Waals surface area contributed by atoms with Crippen molar-refractivity contribution in [2.75, 3.05) is 7.11 Å². The van der Waals surface area contributed by atoms with Crippen molar-refractivity contribution in [3.8, 4) is 17.2 Å². The van der Waals surface area contributed by atoms with Crippen molar-refractivity contribution in [2.24, 2.45) is 0 Å². The number of benzene rings is 2. The van der Waals surface area contributed by atoms with E-state index in [1.165, 1.54) is 12.1 Å². The molecule has 1 aliphatic heterocycles. The van der Waals surface area contributed by atoms with Crippen LogP contribution in [0.5, 0.6) is 17.2 Å². The highest BCUT2D eigenvalue weighted by Gasteiger charge is 2.48. The number of hydrogen-bond donors (Lipinski definition) is 0. The zero-order valence-electron chi connectivity index (χ0n) is 14.9. The third-order valence-corrected chi connectivity index (χ3v) is 4.11. The van der Waals surface area contributed by atoms with Gasteiger partial charge < -0.3 is 14.2 Å². The Bertz CT molecular complexity index is 916. The zero-order valence-corrected chi connectivity index (χ0v) is 14.9. The van der Waals surface area contributed by atoms with Gasteiger partial charge in [0.2, 0.25) is 6.10 Å². The lowest BCUT2D eigenvalue weighted by molar-refractivity contribution is -0.187. The van der Waals surface area contributed by atoms with Crippen LogP contribution in [0, 0.1) is 13.8 Å². The van der Waals surface area contributed by atoms with Crippen LogP contribution in [-0.4, -0.2) is 25.4 Å². The van der Waals surface area contributed by atoms with Crippen molar-refractivity contribution in [3.05, 3.63) is 58.7 Å². The minimum atomic E-state index is -4.76. The third-order valence-electron chi connectivity index (χ3n) is 4.11. The number of aryl methyl sites for hydroxylation is 2. The maximum absolute atomic E-state index is 13.3. The van der Waals surface area contributed by atoms with Crippen molar-refractivity contribution in [1.82, 2.24) is 0 Å². The normalized spacial score (nSPS) is 16.1. The molecule has 0 saturated carbocycles. The maximum Gasteiger partial charge on any atom is 0.430 e. The molecule has 1 atom stereocenters. The molecule has 27 heavy (non-hydrogen) atoms. The van der Waals surface area contributed by atoms with Gasteiger partial charge in [0.25, 0.3) is 0 Å². The van der Waals surface area contributed by atoms with Crippen LogP contribution in [0.2, 0.25) is 0 Å². The molecule has 1 heterocycles. The lowest BCUT2D eigenvalue weighted by atomic mass is 10.0. The number of fused-ring (bicyclic) bond motifs is 1. The fraction of sp³-hybridized carbons (Fsp3) is 0.250. The summed E-state index contributed by atoms with van der Waals surface area (Å²) >= 11 is 0. The summed E-state index contributed by atoms with van der Waals surface area (Å²) in [6.07, 6.45) is -6.03. The number of alkyl halides is 3. The summed E-state index contributed by atoms with van der Waals surface area (Å²) in [5.41, 5.74) is 1.62. The Balaban J connectivity index is 1.97. The lowest BCUT2D eigenvalue weighted by Crippen LogP contribution is -2.40. The molecule has 0 radical (unpaired) electrons. The molecule has 0 aliphatic carbocycles. The molecular formula is C20H17F3O4. The highest BCUT2D eigenvalue weighted by molar-refractivity contribution is 5.96. The number of methoxy groups -OCH3 is 1. The van der Waals surface area contributed by atoms with Gasteiger partial charge in [-0.25, -0.2) is 4.79 Å². The summed E-state index contributed by atoms with van der Waals surface area (Å²) in [4.78, 5) is 11.7. The van der Waals surface area contributed by atoms with Crippen LogP contribution in [-0.2, 0) is 9.53 Å². The molecule has 7 heteroatoms. The van der Waals surface area contributed by atoms with Crippen LogP contribution in [0.15, 0.2) is 42.0 Å². The Labute approximate surface area is 154 Å². The fourth-order valence-electron chi connectivity index (χ4n) is 2.70. The smallest absolute Gasteiger partial charge is 0.430 e. The average molecular weight is 378 g/mol. The Morgan fingerprint density at radius 1 is 1.11 bits per heavy atom. The molecule has 0 saturated heterocycles. The molecule has 0 N–H and O–H groups in total. The minimum absolute atomic E-state index is 0.0206. The quantitative estimate of drug-likeness (QED) is 0.707. The van der Waals surface area contributed by atoms with Gasteiger partial charge in [-0.2, -0.15) is 13.2 Å². The van der Waals surface area contributed by atoms with Gasteiger partial charge in [0, 0.05) is 11.6 Å². The highest BCUT2D eigenvalue weighted by Crippen LogP contribution is 2.40. The molecule has 0 aromatic heterocycles. The first-order valence-corrected chi connectivity index (χ1v) is 8.11. The van der Waals surface area contributed by atoms with Gasteiger partial charge in [-0.3, -0.25) is 0 Å². The topological polar surface area (TPSA) is 44.8 Å². The molecule has 142 valence electrons. The van der Waals surface area contributed by atoms with Gasteiger partial charge in [0.05, 0.1) is 12.7 Å². The van der Waals surface area contributed by atoms with Crippen LogP contribution < -0.4 is 9.47 Å². The molecular weight excluding hydrogens is 361 g/mol. The number of ether oxygens (including phenoxy) is 3. The van der Waals surface area contributed by atoms with Gasteiger partial charge in [0.1, 0.15) is 17.2 Å². The first-order chi connectivity index (χ1) is 12.7. The van der Waals surface area contributed by atoms with Gasteiger partial charge >= 0.3 is 12.1 Å². The van der Waals surface area contributed by atoms with Crippen LogP contribution in [0.4, 0.5) is 13.2 Å². The molecule has 1 unspecified atom stereocenters. The third kappa shape index (κ3) is 3.92. The lowest BCUT2D eigenvalue weighted by Gasteiger charge is -2.27. The van der Waals surface area contributed by atoms with Crippen LogP contribution in [0.25, 0.3) is 6.08 Å². The van der Waals surface area contributed by atoms with E-state index in [0.717, 1.165) is 24.3 Å². The van der Waals surface area contributed by atoms with Crippen LogP contribution in [0.3, 0.4) is 0 Å². The molecule has 4 nitrogen and oxygen atoms in total. The van der Waals surface area contributed by atoms with E-state index in [2.05, 4.69) is 4.74 Å². The van der Waals surface area contributed by atoms with Crippen molar-refractivity contribution < 1.29 is 32.2 Å². The van der Waals surface area contributed by atoms with Gasteiger partial charge in [0.15, 0.2) is 0 Å². The maximum atomic E-state index is 13.3. The number of carbonyl (C=O) groups excluding carboxylic acids is 1. The van der Waals surface area contributed by atoms with E-state index in [1.54, 1.807) is 6.07 Å². The number of hydrogen-bond acceptors (Lipinski definition) is 4. The molecule has 2 aromatic carbocycles. The molecule has 0 spiro atoms. The van der Waals surface area contributed by atoms with E-state index in [1.807, 2.05) is 32.0 Å². The van der Waals surface area contributed by atoms with Gasteiger partial charge in [-0.1, -0.05) is 12.1 Å². The molecule has 2 aromatic rings. The van der Waals surface area contributed by atoms with Crippen molar-refractivity contribution >= 4 is 12.0 Å². The molecule has 3 rings (SSSR count). The second-order valence-corrected chi connectivity index (χ2v) is 6.20. The molecule has 0 amide bonds. The summed E-state index contributed by atoms with van der Waals surface area (Å²) in [5.74, 6) is -0.173. The second-order valence-electron chi connectivity index (χ2n) is 6.20. The molecule has 1 aliphatic rings.